The summed E-state index contributed by atoms with van der Waals surface area (Å²) in [6, 6.07) is 7.33. The third-order valence-electron chi connectivity index (χ3n) is 3.49. The predicted molar refractivity (Wildman–Crippen MR) is 78.1 cm³/mol. The van der Waals surface area contributed by atoms with Crippen LogP contribution in [0.5, 0.6) is 0 Å². The van der Waals surface area contributed by atoms with Crippen LogP contribution in [0.15, 0.2) is 18.2 Å². The first-order chi connectivity index (χ1) is 9.04. The van der Waals surface area contributed by atoms with Gasteiger partial charge in [0.05, 0.1) is 0 Å². The zero-order chi connectivity index (χ0) is 13.8. The van der Waals surface area contributed by atoms with Crippen molar-refractivity contribution in [1.82, 2.24) is 10.6 Å². The van der Waals surface area contributed by atoms with Gasteiger partial charge in [-0.25, -0.2) is 0 Å². The number of carbonyl (C=O) groups excluding carboxylic acids is 1. The fourth-order valence-corrected chi connectivity index (χ4v) is 2.31. The van der Waals surface area contributed by atoms with Crippen LogP contribution in [0.25, 0.3) is 0 Å². The molecule has 2 N–H and O–H groups in total. The van der Waals surface area contributed by atoms with E-state index in [2.05, 4.69) is 49.6 Å². The standard InChI is InChI=1S/C16H24N2O/c1-11-8-12(2)10-14(9-11)13(3)17-7-6-16(19)18-15-4-5-15/h8-10,13,15,17H,4-7H2,1-3H3,(H,18,19). The van der Waals surface area contributed by atoms with Crippen LogP contribution in [0, 0.1) is 13.8 Å². The van der Waals surface area contributed by atoms with Crippen LogP contribution in [0.3, 0.4) is 0 Å². The van der Waals surface area contributed by atoms with Crippen molar-refractivity contribution < 1.29 is 4.79 Å². The highest BCUT2D eigenvalue weighted by Gasteiger charge is 2.22. The van der Waals surface area contributed by atoms with Crippen molar-refractivity contribution in [1.29, 1.82) is 0 Å². The molecule has 0 bridgehead atoms. The Kier molecular flexibility index (Phi) is 4.59. The number of benzene rings is 1. The molecule has 1 aliphatic carbocycles. The van der Waals surface area contributed by atoms with Crippen molar-refractivity contribution in [3.8, 4) is 0 Å². The molecular formula is C16H24N2O. The third-order valence-corrected chi connectivity index (χ3v) is 3.49. The Hall–Kier alpha value is -1.35. The fourth-order valence-electron chi connectivity index (χ4n) is 2.31. The predicted octanol–water partition coefficient (Wildman–Crippen LogP) is 2.62. The molecule has 2 rings (SSSR count). The molecule has 1 unspecified atom stereocenters. The van der Waals surface area contributed by atoms with E-state index in [0.29, 0.717) is 12.5 Å². The van der Waals surface area contributed by atoms with E-state index in [1.807, 2.05) is 0 Å². The summed E-state index contributed by atoms with van der Waals surface area (Å²) in [4.78, 5) is 11.6. The van der Waals surface area contributed by atoms with E-state index < -0.39 is 0 Å². The molecule has 19 heavy (non-hydrogen) atoms. The van der Waals surface area contributed by atoms with Gasteiger partial charge in [0.2, 0.25) is 5.91 Å². The number of hydrogen-bond donors (Lipinski definition) is 2. The van der Waals surface area contributed by atoms with Crippen molar-refractivity contribution in [2.24, 2.45) is 0 Å². The smallest absolute Gasteiger partial charge is 0.221 e. The molecule has 0 spiro atoms. The Bertz CT molecular complexity index is 432. The minimum absolute atomic E-state index is 0.169. The van der Waals surface area contributed by atoms with E-state index >= 15 is 0 Å². The molecule has 3 nitrogen and oxygen atoms in total. The maximum Gasteiger partial charge on any atom is 0.221 e. The first-order valence-electron chi connectivity index (χ1n) is 7.15. The molecule has 0 heterocycles. The van der Waals surface area contributed by atoms with Gasteiger partial charge in [-0.15, -0.1) is 0 Å². The number of amides is 1. The first kappa shape index (κ1) is 14.1. The van der Waals surface area contributed by atoms with Gasteiger partial charge in [-0.2, -0.15) is 0 Å². The van der Waals surface area contributed by atoms with E-state index in [1.54, 1.807) is 0 Å². The summed E-state index contributed by atoms with van der Waals surface area (Å²) in [6.07, 6.45) is 2.86. The highest BCUT2D eigenvalue weighted by Crippen LogP contribution is 2.19. The summed E-state index contributed by atoms with van der Waals surface area (Å²) in [6.45, 7) is 7.11. The van der Waals surface area contributed by atoms with Gasteiger partial charge in [-0.3, -0.25) is 4.79 Å². The van der Waals surface area contributed by atoms with Crippen molar-refractivity contribution in [3.63, 3.8) is 0 Å². The monoisotopic (exact) mass is 260 g/mol. The molecule has 1 fully saturated rings. The van der Waals surface area contributed by atoms with E-state index in [-0.39, 0.29) is 11.9 Å². The molecule has 0 aliphatic heterocycles. The molecule has 3 heteroatoms. The second kappa shape index (κ2) is 6.20. The van der Waals surface area contributed by atoms with Gasteiger partial charge in [-0.05, 0) is 39.2 Å². The molecule has 1 saturated carbocycles. The highest BCUT2D eigenvalue weighted by molar-refractivity contribution is 5.76. The van der Waals surface area contributed by atoms with Crippen LogP contribution < -0.4 is 10.6 Å². The van der Waals surface area contributed by atoms with Gasteiger partial charge in [-0.1, -0.05) is 29.3 Å². The summed E-state index contributed by atoms with van der Waals surface area (Å²) in [5, 5.41) is 6.42. The van der Waals surface area contributed by atoms with Crippen LogP contribution in [-0.4, -0.2) is 18.5 Å². The van der Waals surface area contributed by atoms with Gasteiger partial charge < -0.3 is 10.6 Å². The lowest BCUT2D eigenvalue weighted by Crippen LogP contribution is -2.30. The first-order valence-corrected chi connectivity index (χ1v) is 7.15. The van der Waals surface area contributed by atoms with Crippen molar-refractivity contribution in [2.75, 3.05) is 6.54 Å². The Morgan fingerprint density at radius 1 is 1.26 bits per heavy atom. The van der Waals surface area contributed by atoms with Gasteiger partial charge in [0.15, 0.2) is 0 Å². The molecule has 1 aliphatic rings. The highest BCUT2D eigenvalue weighted by atomic mass is 16.1. The van der Waals surface area contributed by atoms with E-state index in [9.17, 15) is 4.79 Å². The summed E-state index contributed by atoms with van der Waals surface area (Å²) >= 11 is 0. The zero-order valence-electron chi connectivity index (χ0n) is 12.1. The maximum atomic E-state index is 11.6. The maximum absolute atomic E-state index is 11.6. The number of aryl methyl sites for hydroxylation is 2. The largest absolute Gasteiger partial charge is 0.353 e. The number of carbonyl (C=O) groups is 1. The van der Waals surface area contributed by atoms with Gasteiger partial charge >= 0.3 is 0 Å². The Morgan fingerprint density at radius 2 is 1.89 bits per heavy atom. The Labute approximate surface area is 115 Å². The summed E-state index contributed by atoms with van der Waals surface area (Å²) in [7, 11) is 0. The van der Waals surface area contributed by atoms with Crippen molar-refractivity contribution in [3.05, 3.63) is 34.9 Å². The molecule has 104 valence electrons. The lowest BCUT2D eigenvalue weighted by molar-refractivity contribution is -0.121. The quantitative estimate of drug-likeness (QED) is 0.825. The average Bonchev–Trinajstić information content (AvgIpc) is 3.11. The lowest BCUT2D eigenvalue weighted by Gasteiger charge is -2.15. The summed E-state index contributed by atoms with van der Waals surface area (Å²) < 4.78 is 0. The van der Waals surface area contributed by atoms with E-state index in [1.165, 1.54) is 16.7 Å². The molecule has 1 aromatic carbocycles. The summed E-state index contributed by atoms with van der Waals surface area (Å²) in [5.41, 5.74) is 3.87. The molecule has 0 radical (unpaired) electrons. The van der Waals surface area contributed by atoms with Crippen LogP contribution >= 0.6 is 0 Å². The summed E-state index contributed by atoms with van der Waals surface area (Å²) in [5.74, 6) is 0.169. The van der Waals surface area contributed by atoms with Crippen LogP contribution in [0.2, 0.25) is 0 Å². The molecule has 0 aromatic heterocycles. The van der Waals surface area contributed by atoms with Crippen molar-refractivity contribution >= 4 is 5.91 Å². The molecule has 1 aromatic rings. The number of nitrogens with one attached hydrogen (secondary N) is 2. The Morgan fingerprint density at radius 3 is 2.47 bits per heavy atom. The molecular weight excluding hydrogens is 236 g/mol. The number of hydrogen-bond acceptors (Lipinski definition) is 2. The minimum Gasteiger partial charge on any atom is -0.353 e. The van der Waals surface area contributed by atoms with Crippen LogP contribution in [0.4, 0.5) is 0 Å². The second-order valence-electron chi connectivity index (χ2n) is 5.69. The van der Waals surface area contributed by atoms with Gasteiger partial charge in [0.25, 0.3) is 0 Å². The van der Waals surface area contributed by atoms with E-state index in [0.717, 1.165) is 19.4 Å². The van der Waals surface area contributed by atoms with Gasteiger partial charge in [0, 0.05) is 25.0 Å². The molecule has 1 atom stereocenters. The van der Waals surface area contributed by atoms with Crippen LogP contribution in [0.1, 0.15) is 48.9 Å². The lowest BCUT2D eigenvalue weighted by atomic mass is 10.0. The molecule has 1 amide bonds. The van der Waals surface area contributed by atoms with E-state index in [4.69, 9.17) is 0 Å². The second-order valence-corrected chi connectivity index (χ2v) is 5.69. The minimum atomic E-state index is 0.169. The Balaban J connectivity index is 1.76. The van der Waals surface area contributed by atoms with Crippen LogP contribution in [-0.2, 0) is 4.79 Å². The average molecular weight is 260 g/mol. The zero-order valence-corrected chi connectivity index (χ0v) is 12.1. The fraction of sp³-hybridized carbons (Fsp3) is 0.562. The number of rotatable bonds is 6. The van der Waals surface area contributed by atoms with Crippen molar-refractivity contribution in [2.45, 2.75) is 52.1 Å². The SMILES string of the molecule is Cc1cc(C)cc(C(C)NCCC(=O)NC2CC2)c1. The third kappa shape index (κ3) is 4.67. The normalized spacial score (nSPS) is 16.2. The van der Waals surface area contributed by atoms with Gasteiger partial charge in [0.1, 0.15) is 0 Å². The topological polar surface area (TPSA) is 41.1 Å². The molecule has 0 saturated heterocycles.